The number of nitro benzene ring substituents is 1. The van der Waals surface area contributed by atoms with Crippen LogP contribution in [0.1, 0.15) is 44.7 Å². The maximum Gasteiger partial charge on any atom is 0.345 e. The van der Waals surface area contributed by atoms with Gasteiger partial charge in [-0.1, -0.05) is 12.1 Å². The predicted molar refractivity (Wildman–Crippen MR) is 110 cm³/mol. The fourth-order valence-corrected chi connectivity index (χ4v) is 2.64. The van der Waals surface area contributed by atoms with Crippen molar-refractivity contribution in [3.05, 3.63) is 45.0 Å². The molecule has 174 valence electrons. The molecule has 11 heteroatoms. The molecule has 0 spiro atoms. The molecule has 11 nitrogen and oxygen atoms in total. The summed E-state index contributed by atoms with van der Waals surface area (Å²) in [5, 5.41) is 11.7. The van der Waals surface area contributed by atoms with Gasteiger partial charge >= 0.3 is 23.9 Å². The van der Waals surface area contributed by atoms with Gasteiger partial charge in [0.05, 0.1) is 36.9 Å². The fourth-order valence-electron chi connectivity index (χ4n) is 2.64. The molecule has 0 aliphatic carbocycles. The quantitative estimate of drug-likeness (QED) is 0.0933. The van der Waals surface area contributed by atoms with Gasteiger partial charge in [0.15, 0.2) is 5.92 Å². The second kappa shape index (κ2) is 12.8. The molecule has 0 N–H and O–H groups in total. The van der Waals surface area contributed by atoms with Gasteiger partial charge in [0, 0.05) is 6.07 Å². The molecule has 0 aliphatic heterocycles. The van der Waals surface area contributed by atoms with Crippen LogP contribution in [0.3, 0.4) is 0 Å². The van der Waals surface area contributed by atoms with E-state index >= 15 is 0 Å². The number of ether oxygens (including phenoxy) is 4. The normalized spacial score (nSPS) is 10.2. The second-order valence-corrected chi connectivity index (χ2v) is 6.01. The average molecular weight is 451 g/mol. The third-order valence-electron chi connectivity index (χ3n) is 3.91. The highest BCUT2D eigenvalue weighted by molar-refractivity contribution is 6.17. The molecule has 0 radical (unpaired) electrons. The highest BCUT2D eigenvalue weighted by atomic mass is 16.6. The molecule has 0 saturated carbocycles. The van der Waals surface area contributed by atoms with Crippen molar-refractivity contribution >= 4 is 35.6 Å². The van der Waals surface area contributed by atoms with Crippen molar-refractivity contribution in [2.45, 2.75) is 33.6 Å². The Bertz CT molecular complexity index is 868. The number of nitro groups is 1. The lowest BCUT2D eigenvalue weighted by Gasteiger charge is -2.15. The van der Waals surface area contributed by atoms with E-state index in [4.69, 9.17) is 18.9 Å². The Hall–Kier alpha value is -3.76. The van der Waals surface area contributed by atoms with Crippen LogP contribution in [-0.4, -0.2) is 55.2 Å². The van der Waals surface area contributed by atoms with Gasteiger partial charge in [-0.25, -0.2) is 9.59 Å². The number of hydrogen-bond acceptors (Lipinski definition) is 10. The van der Waals surface area contributed by atoms with Crippen LogP contribution in [0.4, 0.5) is 5.69 Å². The minimum atomic E-state index is -1.68. The topological polar surface area (TPSA) is 148 Å². The number of nitrogens with zero attached hydrogens (tertiary/aromatic N) is 1. The molecule has 0 amide bonds. The lowest BCUT2D eigenvalue weighted by atomic mass is 9.95. The summed E-state index contributed by atoms with van der Waals surface area (Å²) in [6.45, 7) is 6.03. The molecule has 1 aromatic carbocycles. The zero-order valence-electron chi connectivity index (χ0n) is 18.2. The van der Waals surface area contributed by atoms with E-state index in [0.717, 1.165) is 18.2 Å². The Morgan fingerprint density at radius 1 is 0.875 bits per heavy atom. The van der Waals surface area contributed by atoms with Crippen LogP contribution in [0.2, 0.25) is 0 Å². The molecule has 1 aromatic rings. The maximum absolute atomic E-state index is 12.3. The minimum Gasteiger partial charge on any atom is -0.465 e. The van der Waals surface area contributed by atoms with Crippen LogP contribution < -0.4 is 0 Å². The van der Waals surface area contributed by atoms with Crippen molar-refractivity contribution < 1.29 is 43.0 Å². The first-order valence-corrected chi connectivity index (χ1v) is 9.89. The first-order chi connectivity index (χ1) is 15.2. The summed E-state index contributed by atoms with van der Waals surface area (Å²) in [5.41, 5.74) is -1.25. The van der Waals surface area contributed by atoms with Crippen LogP contribution in [0.25, 0.3) is 6.08 Å². The van der Waals surface area contributed by atoms with E-state index in [1.165, 1.54) is 19.9 Å². The van der Waals surface area contributed by atoms with Gasteiger partial charge in [-0.15, -0.1) is 0 Å². The molecule has 1 rings (SSSR count). The minimum absolute atomic E-state index is 0.00454. The molecule has 32 heavy (non-hydrogen) atoms. The van der Waals surface area contributed by atoms with Gasteiger partial charge in [0.1, 0.15) is 5.57 Å². The number of rotatable bonds is 11. The summed E-state index contributed by atoms with van der Waals surface area (Å²) in [7, 11) is 0. The van der Waals surface area contributed by atoms with Crippen LogP contribution in [0.15, 0.2) is 23.8 Å². The summed E-state index contributed by atoms with van der Waals surface area (Å²) in [4.78, 5) is 59.8. The number of carbonyl (C=O) groups is 4. The number of benzene rings is 1. The van der Waals surface area contributed by atoms with Crippen molar-refractivity contribution in [2.24, 2.45) is 0 Å². The number of carbonyl (C=O) groups excluding carboxylic acids is 4. The zero-order chi connectivity index (χ0) is 24.3. The highest BCUT2D eigenvalue weighted by Crippen LogP contribution is 2.31. The summed E-state index contributed by atoms with van der Waals surface area (Å²) < 4.78 is 19.4. The Morgan fingerprint density at radius 3 is 1.75 bits per heavy atom. The summed E-state index contributed by atoms with van der Waals surface area (Å²) in [6, 6.07) is 3.47. The first kappa shape index (κ1) is 26.3. The van der Waals surface area contributed by atoms with Gasteiger partial charge in [-0.05, 0) is 39.3 Å². The van der Waals surface area contributed by atoms with E-state index < -0.39 is 46.0 Å². The molecule has 0 heterocycles. The van der Waals surface area contributed by atoms with Crippen LogP contribution in [0, 0.1) is 10.1 Å². The van der Waals surface area contributed by atoms with Gasteiger partial charge in [0.2, 0.25) is 0 Å². The zero-order valence-corrected chi connectivity index (χ0v) is 18.2. The molecular weight excluding hydrogens is 426 g/mol. The smallest absolute Gasteiger partial charge is 0.345 e. The van der Waals surface area contributed by atoms with Crippen molar-refractivity contribution in [2.75, 3.05) is 26.4 Å². The van der Waals surface area contributed by atoms with E-state index in [9.17, 15) is 29.3 Å². The Labute approximate surface area is 184 Å². The molecule has 0 atom stereocenters. The molecule has 0 saturated heterocycles. The third-order valence-corrected chi connectivity index (χ3v) is 3.91. The standard InChI is InChI=1S/C21H25NO10/c1-5-29-18(23)15(19(24)30-6-2)11-13-9-10-14(16(12-13)22(27)28)17(20(25)31-7-3)21(26)32-8-4/h9-12,17H,5-8H2,1-4H3. The van der Waals surface area contributed by atoms with Crippen LogP contribution in [0.5, 0.6) is 0 Å². The predicted octanol–water partition coefficient (Wildman–Crippen LogP) is 2.31. The Kier molecular flexibility index (Phi) is 10.5. The fraction of sp³-hybridized carbons (Fsp3) is 0.429. The van der Waals surface area contributed by atoms with Gasteiger partial charge in [0.25, 0.3) is 5.69 Å². The van der Waals surface area contributed by atoms with Crippen LogP contribution in [-0.2, 0) is 38.1 Å². The first-order valence-electron chi connectivity index (χ1n) is 9.89. The van der Waals surface area contributed by atoms with E-state index in [-0.39, 0.29) is 37.6 Å². The van der Waals surface area contributed by atoms with Crippen molar-refractivity contribution in [1.29, 1.82) is 0 Å². The molecular formula is C21H25NO10. The number of hydrogen-bond donors (Lipinski definition) is 0. The van der Waals surface area contributed by atoms with Crippen molar-refractivity contribution in [1.82, 2.24) is 0 Å². The SMILES string of the molecule is CCOC(=O)C(=Cc1ccc(C(C(=O)OCC)C(=O)OCC)c([N+](=O)[O-])c1)C(=O)OCC. The summed E-state index contributed by atoms with van der Waals surface area (Å²) in [5.74, 6) is -5.61. The second-order valence-electron chi connectivity index (χ2n) is 6.01. The van der Waals surface area contributed by atoms with Crippen molar-refractivity contribution in [3.63, 3.8) is 0 Å². The van der Waals surface area contributed by atoms with E-state index in [1.807, 2.05) is 0 Å². The van der Waals surface area contributed by atoms with E-state index in [1.54, 1.807) is 13.8 Å². The Morgan fingerprint density at radius 2 is 1.34 bits per heavy atom. The lowest BCUT2D eigenvalue weighted by Crippen LogP contribution is -2.27. The summed E-state index contributed by atoms with van der Waals surface area (Å²) in [6.07, 6.45) is 1.07. The van der Waals surface area contributed by atoms with Crippen LogP contribution >= 0.6 is 0 Å². The highest BCUT2D eigenvalue weighted by Gasteiger charge is 2.37. The lowest BCUT2D eigenvalue weighted by molar-refractivity contribution is -0.385. The molecule has 0 aromatic heterocycles. The van der Waals surface area contributed by atoms with Crippen molar-refractivity contribution in [3.8, 4) is 0 Å². The monoisotopic (exact) mass is 451 g/mol. The maximum atomic E-state index is 12.3. The number of esters is 4. The molecule has 0 bridgehead atoms. The van der Waals surface area contributed by atoms with Gasteiger partial charge in [-0.2, -0.15) is 0 Å². The third kappa shape index (κ3) is 6.89. The van der Waals surface area contributed by atoms with Gasteiger partial charge in [-0.3, -0.25) is 19.7 Å². The molecule has 0 fully saturated rings. The Balaban J connectivity index is 3.59. The van der Waals surface area contributed by atoms with Gasteiger partial charge < -0.3 is 18.9 Å². The molecule has 0 aliphatic rings. The van der Waals surface area contributed by atoms with E-state index in [0.29, 0.717) is 0 Å². The average Bonchev–Trinajstić information content (AvgIpc) is 2.73. The molecule has 0 unspecified atom stereocenters. The largest absolute Gasteiger partial charge is 0.465 e. The summed E-state index contributed by atoms with van der Waals surface area (Å²) >= 11 is 0. The van der Waals surface area contributed by atoms with E-state index in [2.05, 4.69) is 0 Å².